The van der Waals surface area contributed by atoms with Gasteiger partial charge in [0.2, 0.25) is 0 Å². The number of amides is 1. The van der Waals surface area contributed by atoms with Crippen LogP contribution in [0, 0.1) is 0 Å². The highest BCUT2D eigenvalue weighted by Gasteiger charge is 2.17. The monoisotopic (exact) mass is 281 g/mol. The number of carbonyl (C=O) groups excluding carboxylic acids is 2. The van der Waals surface area contributed by atoms with Crippen molar-refractivity contribution in [1.29, 1.82) is 0 Å². The van der Waals surface area contributed by atoms with Gasteiger partial charge in [0, 0.05) is 0 Å². The van der Waals surface area contributed by atoms with E-state index in [-0.39, 0.29) is 17.9 Å². The molecule has 6 nitrogen and oxygen atoms in total. The molecular weight excluding hydrogens is 262 g/mol. The molecule has 0 bridgehead atoms. The lowest BCUT2D eigenvalue weighted by atomic mass is 10.1. The number of carbonyl (C=O) groups is 2. The average molecular weight is 281 g/mol. The van der Waals surface area contributed by atoms with Crippen LogP contribution in [0.2, 0.25) is 0 Å². The van der Waals surface area contributed by atoms with Crippen LogP contribution in [0.1, 0.15) is 26.3 Å². The lowest BCUT2D eigenvalue weighted by Gasteiger charge is -2.20. The SMILES string of the molecule is COC(=O)Cc1ccc(O)c(NC(=O)OC(C)(C)C)c1. The molecule has 1 rings (SSSR count). The number of phenolic OH excluding ortho intramolecular Hbond substituents is 1. The maximum absolute atomic E-state index is 11.6. The molecule has 0 radical (unpaired) electrons. The van der Waals surface area contributed by atoms with E-state index in [2.05, 4.69) is 10.1 Å². The number of aromatic hydroxyl groups is 1. The van der Waals surface area contributed by atoms with E-state index in [0.717, 1.165) is 0 Å². The maximum Gasteiger partial charge on any atom is 0.412 e. The first-order valence-corrected chi connectivity index (χ1v) is 6.10. The molecule has 0 fully saturated rings. The molecule has 2 N–H and O–H groups in total. The van der Waals surface area contributed by atoms with E-state index in [4.69, 9.17) is 4.74 Å². The molecule has 0 heterocycles. The fourth-order valence-corrected chi connectivity index (χ4v) is 1.45. The Balaban J connectivity index is 2.81. The van der Waals surface area contributed by atoms with Crippen molar-refractivity contribution in [2.75, 3.05) is 12.4 Å². The first-order chi connectivity index (χ1) is 9.21. The third-order valence-electron chi connectivity index (χ3n) is 2.27. The van der Waals surface area contributed by atoms with Gasteiger partial charge in [0.1, 0.15) is 11.4 Å². The average Bonchev–Trinajstić information content (AvgIpc) is 2.30. The Morgan fingerprint density at radius 2 is 1.95 bits per heavy atom. The molecule has 110 valence electrons. The fraction of sp³-hybridized carbons (Fsp3) is 0.429. The van der Waals surface area contributed by atoms with Gasteiger partial charge in [-0.05, 0) is 38.5 Å². The van der Waals surface area contributed by atoms with Crippen LogP contribution >= 0.6 is 0 Å². The smallest absolute Gasteiger partial charge is 0.412 e. The van der Waals surface area contributed by atoms with Crippen molar-refractivity contribution in [3.63, 3.8) is 0 Å². The number of esters is 1. The van der Waals surface area contributed by atoms with E-state index in [1.807, 2.05) is 0 Å². The molecule has 0 aromatic heterocycles. The van der Waals surface area contributed by atoms with Gasteiger partial charge in [0.05, 0.1) is 19.2 Å². The predicted molar refractivity (Wildman–Crippen MR) is 73.7 cm³/mol. The molecular formula is C14H19NO5. The van der Waals surface area contributed by atoms with Gasteiger partial charge in [-0.1, -0.05) is 6.07 Å². The summed E-state index contributed by atoms with van der Waals surface area (Å²) in [4.78, 5) is 22.8. The Bertz CT molecular complexity index is 505. The minimum absolute atomic E-state index is 0.0553. The Morgan fingerprint density at radius 1 is 1.30 bits per heavy atom. The largest absolute Gasteiger partial charge is 0.506 e. The van der Waals surface area contributed by atoms with Crippen LogP contribution < -0.4 is 5.32 Å². The number of anilines is 1. The highest BCUT2D eigenvalue weighted by Crippen LogP contribution is 2.25. The molecule has 0 aliphatic heterocycles. The molecule has 1 amide bonds. The third-order valence-corrected chi connectivity index (χ3v) is 2.27. The van der Waals surface area contributed by atoms with Gasteiger partial charge in [-0.25, -0.2) is 4.79 Å². The molecule has 0 unspecified atom stereocenters. The van der Waals surface area contributed by atoms with Gasteiger partial charge in [-0.3, -0.25) is 10.1 Å². The van der Waals surface area contributed by atoms with Gasteiger partial charge in [-0.15, -0.1) is 0 Å². The molecule has 0 atom stereocenters. The number of ether oxygens (including phenoxy) is 2. The lowest BCUT2D eigenvalue weighted by molar-refractivity contribution is -0.139. The summed E-state index contributed by atoms with van der Waals surface area (Å²) < 4.78 is 9.64. The summed E-state index contributed by atoms with van der Waals surface area (Å²) >= 11 is 0. The fourth-order valence-electron chi connectivity index (χ4n) is 1.45. The van der Waals surface area contributed by atoms with Crippen molar-refractivity contribution in [3.05, 3.63) is 23.8 Å². The van der Waals surface area contributed by atoms with Crippen LogP contribution in [0.15, 0.2) is 18.2 Å². The highest BCUT2D eigenvalue weighted by molar-refractivity contribution is 5.87. The summed E-state index contributed by atoms with van der Waals surface area (Å²) in [6.07, 6.45) is -0.622. The molecule has 6 heteroatoms. The van der Waals surface area contributed by atoms with Gasteiger partial charge in [0.15, 0.2) is 0 Å². The van der Waals surface area contributed by atoms with Crippen LogP contribution in [0.25, 0.3) is 0 Å². The highest BCUT2D eigenvalue weighted by atomic mass is 16.6. The molecule has 1 aromatic carbocycles. The van der Waals surface area contributed by atoms with E-state index in [1.165, 1.54) is 19.2 Å². The zero-order valence-electron chi connectivity index (χ0n) is 12.0. The minimum atomic E-state index is -0.678. The number of hydrogen-bond acceptors (Lipinski definition) is 5. The first-order valence-electron chi connectivity index (χ1n) is 6.10. The Labute approximate surface area is 117 Å². The van der Waals surface area contributed by atoms with Gasteiger partial charge < -0.3 is 14.6 Å². The number of methoxy groups -OCH3 is 1. The summed E-state index contributed by atoms with van der Waals surface area (Å²) in [6, 6.07) is 4.47. The van der Waals surface area contributed by atoms with Crippen LogP contribution in [0.4, 0.5) is 10.5 Å². The molecule has 0 saturated carbocycles. The zero-order valence-corrected chi connectivity index (χ0v) is 12.0. The normalized spacial score (nSPS) is 10.8. The Kier molecular flexibility index (Phi) is 4.96. The second-order valence-corrected chi connectivity index (χ2v) is 5.23. The van der Waals surface area contributed by atoms with Crippen molar-refractivity contribution >= 4 is 17.7 Å². The molecule has 1 aromatic rings. The molecule has 0 spiro atoms. The Hall–Kier alpha value is -2.24. The lowest BCUT2D eigenvalue weighted by Crippen LogP contribution is -2.27. The summed E-state index contributed by atoms with van der Waals surface area (Å²) in [7, 11) is 1.29. The van der Waals surface area contributed by atoms with Crippen molar-refractivity contribution in [1.82, 2.24) is 0 Å². The van der Waals surface area contributed by atoms with E-state index in [1.54, 1.807) is 26.8 Å². The van der Waals surface area contributed by atoms with Crippen molar-refractivity contribution in [2.45, 2.75) is 32.8 Å². The Morgan fingerprint density at radius 3 is 2.50 bits per heavy atom. The second-order valence-electron chi connectivity index (χ2n) is 5.23. The predicted octanol–water partition coefficient (Wildman–Crippen LogP) is 2.45. The molecule has 0 aliphatic rings. The topological polar surface area (TPSA) is 84.9 Å². The number of rotatable bonds is 3. The third kappa shape index (κ3) is 5.17. The molecule has 20 heavy (non-hydrogen) atoms. The summed E-state index contributed by atoms with van der Waals surface area (Å²) in [5.41, 5.74) is 0.157. The van der Waals surface area contributed by atoms with Crippen molar-refractivity contribution in [3.8, 4) is 5.75 Å². The molecule has 0 aliphatic carbocycles. The van der Waals surface area contributed by atoms with Crippen LogP contribution in [-0.2, 0) is 20.7 Å². The zero-order chi connectivity index (χ0) is 15.3. The van der Waals surface area contributed by atoms with E-state index < -0.39 is 17.7 Å². The minimum Gasteiger partial charge on any atom is -0.506 e. The summed E-state index contributed by atoms with van der Waals surface area (Å²) in [6.45, 7) is 5.21. The van der Waals surface area contributed by atoms with E-state index in [9.17, 15) is 14.7 Å². The van der Waals surface area contributed by atoms with Gasteiger partial charge in [-0.2, -0.15) is 0 Å². The molecule has 0 saturated heterocycles. The number of nitrogens with one attached hydrogen (secondary N) is 1. The summed E-state index contributed by atoms with van der Waals surface area (Å²) in [5, 5.41) is 12.1. The van der Waals surface area contributed by atoms with E-state index >= 15 is 0 Å². The quantitative estimate of drug-likeness (QED) is 0.656. The van der Waals surface area contributed by atoms with Gasteiger partial charge >= 0.3 is 12.1 Å². The number of phenols is 1. The number of benzene rings is 1. The van der Waals surface area contributed by atoms with E-state index in [0.29, 0.717) is 5.56 Å². The van der Waals surface area contributed by atoms with Crippen LogP contribution in [0.3, 0.4) is 0 Å². The van der Waals surface area contributed by atoms with Crippen LogP contribution in [0.5, 0.6) is 5.75 Å². The number of hydrogen-bond donors (Lipinski definition) is 2. The summed E-state index contributed by atoms with van der Waals surface area (Å²) in [5.74, 6) is -0.511. The standard InChI is InChI=1S/C14H19NO5/c1-14(2,3)20-13(18)15-10-7-9(5-6-11(10)16)8-12(17)19-4/h5-7,16H,8H2,1-4H3,(H,15,18). The van der Waals surface area contributed by atoms with Gasteiger partial charge in [0.25, 0.3) is 0 Å². The second kappa shape index (κ2) is 6.27. The van der Waals surface area contributed by atoms with Crippen LogP contribution in [-0.4, -0.2) is 29.9 Å². The maximum atomic E-state index is 11.6. The van der Waals surface area contributed by atoms with Crippen molar-refractivity contribution in [2.24, 2.45) is 0 Å². The van der Waals surface area contributed by atoms with Crippen molar-refractivity contribution < 1.29 is 24.2 Å². The first kappa shape index (κ1) is 15.8.